The number of likely N-dealkylation sites (tertiary alicyclic amines) is 1. The van der Waals surface area contributed by atoms with Crippen molar-refractivity contribution in [3.05, 3.63) is 35.4 Å². The van der Waals surface area contributed by atoms with E-state index in [9.17, 15) is 10.2 Å². The molecule has 5 rings (SSSR count). The molecule has 0 radical (unpaired) electrons. The molecule has 1 aromatic carbocycles. The van der Waals surface area contributed by atoms with E-state index >= 15 is 0 Å². The summed E-state index contributed by atoms with van der Waals surface area (Å²) in [6.07, 6.45) is 3.75. The van der Waals surface area contributed by atoms with Gasteiger partial charge in [0.15, 0.2) is 17.3 Å². The molecular formula is C17H19NO5. The zero-order chi connectivity index (χ0) is 15.8. The van der Waals surface area contributed by atoms with Gasteiger partial charge in [0, 0.05) is 6.04 Å². The van der Waals surface area contributed by atoms with Crippen LogP contribution in [0.5, 0.6) is 11.5 Å². The van der Waals surface area contributed by atoms with Crippen LogP contribution in [0.4, 0.5) is 0 Å². The SMILES string of the molecule is CN1CC2(O)OCc3cc4c(cc3C23C=CC(O)CC13)OCO4. The summed E-state index contributed by atoms with van der Waals surface area (Å²) in [5, 5.41) is 21.3. The molecule has 6 nitrogen and oxygen atoms in total. The molecule has 1 aliphatic carbocycles. The minimum Gasteiger partial charge on any atom is -0.454 e. The lowest BCUT2D eigenvalue weighted by Gasteiger charge is -2.49. The first-order valence-electron chi connectivity index (χ1n) is 7.90. The normalized spacial score (nSPS) is 40.7. The summed E-state index contributed by atoms with van der Waals surface area (Å²) in [6.45, 7) is 0.956. The summed E-state index contributed by atoms with van der Waals surface area (Å²) in [5.74, 6) is 0.121. The Hall–Kier alpha value is -1.60. The summed E-state index contributed by atoms with van der Waals surface area (Å²) >= 11 is 0. The van der Waals surface area contributed by atoms with Gasteiger partial charge < -0.3 is 24.4 Å². The monoisotopic (exact) mass is 317 g/mol. The maximum atomic E-state index is 11.3. The van der Waals surface area contributed by atoms with Gasteiger partial charge >= 0.3 is 0 Å². The zero-order valence-electron chi connectivity index (χ0n) is 12.9. The molecule has 0 bridgehead atoms. The molecular weight excluding hydrogens is 298 g/mol. The van der Waals surface area contributed by atoms with Gasteiger partial charge in [0.1, 0.15) is 0 Å². The predicted octanol–water partition coefficient (Wildman–Crippen LogP) is 0.507. The van der Waals surface area contributed by atoms with E-state index in [0.717, 1.165) is 16.9 Å². The van der Waals surface area contributed by atoms with E-state index in [0.29, 0.717) is 25.3 Å². The summed E-state index contributed by atoms with van der Waals surface area (Å²) in [6, 6.07) is 3.88. The lowest BCUT2D eigenvalue weighted by atomic mass is 9.64. The van der Waals surface area contributed by atoms with Crippen molar-refractivity contribution in [1.29, 1.82) is 0 Å². The Morgan fingerprint density at radius 3 is 2.87 bits per heavy atom. The van der Waals surface area contributed by atoms with Crippen LogP contribution in [-0.2, 0) is 16.8 Å². The second-order valence-electron chi connectivity index (χ2n) is 6.90. The summed E-state index contributed by atoms with van der Waals surface area (Å²) in [4.78, 5) is 2.08. The van der Waals surface area contributed by atoms with Crippen LogP contribution >= 0.6 is 0 Å². The predicted molar refractivity (Wildman–Crippen MR) is 80.2 cm³/mol. The van der Waals surface area contributed by atoms with Crippen molar-refractivity contribution in [2.24, 2.45) is 0 Å². The number of β-amino-alcohol motifs (C(OH)–C–C–N with tert-alkyl or cyclic N) is 1. The van der Waals surface area contributed by atoms with Gasteiger partial charge in [-0.3, -0.25) is 4.90 Å². The van der Waals surface area contributed by atoms with Crippen LogP contribution in [0.25, 0.3) is 0 Å². The van der Waals surface area contributed by atoms with Crippen molar-refractivity contribution in [2.45, 2.75) is 36.4 Å². The summed E-state index contributed by atoms with van der Waals surface area (Å²) in [5.41, 5.74) is 1.31. The standard InChI is InChI=1S/C17H19NO5/c1-18-8-17(20)16(3-2-11(19)5-15(16)18)12-6-14-13(21-9-22-14)4-10(12)7-23-17/h2-4,6,11,15,19-20H,5,7-9H2,1H3. The van der Waals surface area contributed by atoms with Gasteiger partial charge in [0.2, 0.25) is 6.79 Å². The molecule has 23 heavy (non-hydrogen) atoms. The fraction of sp³-hybridized carbons (Fsp3) is 0.529. The number of benzene rings is 1. The maximum absolute atomic E-state index is 11.3. The van der Waals surface area contributed by atoms with E-state index in [1.54, 1.807) is 6.08 Å². The van der Waals surface area contributed by atoms with E-state index < -0.39 is 17.3 Å². The molecule has 1 fully saturated rings. The van der Waals surface area contributed by atoms with Gasteiger partial charge in [-0.05, 0) is 36.7 Å². The second kappa shape index (κ2) is 4.27. The Kier molecular flexibility index (Phi) is 2.56. The smallest absolute Gasteiger partial charge is 0.231 e. The van der Waals surface area contributed by atoms with Crippen LogP contribution in [0.3, 0.4) is 0 Å². The molecule has 1 aromatic rings. The molecule has 0 amide bonds. The largest absolute Gasteiger partial charge is 0.454 e. The van der Waals surface area contributed by atoms with Gasteiger partial charge in [-0.1, -0.05) is 12.2 Å². The Labute approximate surface area is 133 Å². The van der Waals surface area contributed by atoms with Crippen LogP contribution in [-0.4, -0.2) is 53.4 Å². The Morgan fingerprint density at radius 1 is 1.26 bits per heavy atom. The average Bonchev–Trinajstić information content (AvgIpc) is 3.06. The van der Waals surface area contributed by atoms with E-state index in [1.165, 1.54) is 0 Å². The van der Waals surface area contributed by atoms with E-state index in [4.69, 9.17) is 14.2 Å². The number of likely N-dealkylation sites (N-methyl/N-ethyl adjacent to an activating group) is 1. The summed E-state index contributed by atoms with van der Waals surface area (Å²) in [7, 11) is 1.96. The Morgan fingerprint density at radius 2 is 2.04 bits per heavy atom. The third-order valence-corrected chi connectivity index (χ3v) is 5.72. The van der Waals surface area contributed by atoms with Gasteiger partial charge in [-0.25, -0.2) is 0 Å². The fourth-order valence-electron chi connectivity index (χ4n) is 4.69. The average molecular weight is 317 g/mol. The molecule has 6 heteroatoms. The second-order valence-corrected chi connectivity index (χ2v) is 6.90. The molecule has 0 saturated carbocycles. The molecule has 3 aliphatic heterocycles. The first-order chi connectivity index (χ1) is 11.0. The van der Waals surface area contributed by atoms with Crippen LogP contribution in [0, 0.1) is 0 Å². The minimum absolute atomic E-state index is 0.0353. The Bertz CT molecular complexity index is 719. The molecule has 4 aliphatic rings. The number of hydrogen-bond acceptors (Lipinski definition) is 6. The van der Waals surface area contributed by atoms with Gasteiger partial charge in [0.25, 0.3) is 0 Å². The molecule has 4 unspecified atom stereocenters. The number of hydrogen-bond donors (Lipinski definition) is 2. The Balaban J connectivity index is 1.78. The first kappa shape index (κ1) is 13.8. The van der Waals surface area contributed by atoms with Crippen LogP contribution in [0.1, 0.15) is 17.5 Å². The maximum Gasteiger partial charge on any atom is 0.231 e. The summed E-state index contributed by atoms with van der Waals surface area (Å²) < 4.78 is 16.9. The van der Waals surface area contributed by atoms with Crippen LogP contribution < -0.4 is 9.47 Å². The van der Waals surface area contributed by atoms with Crippen molar-refractivity contribution in [1.82, 2.24) is 4.90 Å². The highest BCUT2D eigenvalue weighted by Crippen LogP contribution is 2.56. The van der Waals surface area contributed by atoms with Gasteiger partial charge in [-0.2, -0.15) is 0 Å². The van der Waals surface area contributed by atoms with E-state index in [1.807, 2.05) is 25.3 Å². The molecule has 1 saturated heterocycles. The highest BCUT2D eigenvalue weighted by atomic mass is 16.7. The molecule has 122 valence electrons. The number of rotatable bonds is 0. The molecule has 0 aromatic heterocycles. The fourth-order valence-corrected chi connectivity index (χ4v) is 4.69. The van der Waals surface area contributed by atoms with E-state index in [2.05, 4.69) is 4.90 Å². The number of aliphatic hydroxyl groups is 2. The van der Waals surface area contributed by atoms with Crippen molar-refractivity contribution >= 4 is 0 Å². The first-order valence-corrected chi connectivity index (χ1v) is 7.90. The van der Waals surface area contributed by atoms with Crippen molar-refractivity contribution in [3.8, 4) is 11.5 Å². The van der Waals surface area contributed by atoms with Gasteiger partial charge in [-0.15, -0.1) is 0 Å². The van der Waals surface area contributed by atoms with Crippen molar-refractivity contribution in [3.63, 3.8) is 0 Å². The topological polar surface area (TPSA) is 71.4 Å². The molecule has 4 atom stereocenters. The van der Waals surface area contributed by atoms with Crippen LogP contribution in [0.15, 0.2) is 24.3 Å². The number of ether oxygens (including phenoxy) is 3. The third kappa shape index (κ3) is 1.57. The zero-order valence-corrected chi connectivity index (χ0v) is 12.9. The highest BCUT2D eigenvalue weighted by Gasteiger charge is 2.66. The highest BCUT2D eigenvalue weighted by molar-refractivity contribution is 5.56. The van der Waals surface area contributed by atoms with Crippen molar-refractivity contribution < 1.29 is 24.4 Å². The van der Waals surface area contributed by atoms with Gasteiger partial charge in [0.05, 0.1) is 24.7 Å². The third-order valence-electron chi connectivity index (χ3n) is 5.72. The molecule has 1 spiro atoms. The number of nitrogens with zero attached hydrogens (tertiary/aromatic N) is 1. The quantitative estimate of drug-likeness (QED) is 0.679. The van der Waals surface area contributed by atoms with Crippen molar-refractivity contribution in [2.75, 3.05) is 20.4 Å². The number of aliphatic hydroxyl groups excluding tert-OH is 1. The van der Waals surface area contributed by atoms with E-state index in [-0.39, 0.29) is 12.8 Å². The lowest BCUT2D eigenvalue weighted by Crippen LogP contribution is -2.59. The molecule has 2 N–H and O–H groups in total. The minimum atomic E-state index is -1.30. The van der Waals surface area contributed by atoms with Crippen LogP contribution in [0.2, 0.25) is 0 Å². The molecule has 3 heterocycles. The number of fused-ring (bicyclic) bond motifs is 2. The lowest BCUT2D eigenvalue weighted by molar-refractivity contribution is -0.236.